The van der Waals surface area contributed by atoms with Crippen LogP contribution in [-0.2, 0) is 4.74 Å². The number of aliphatic hydroxyl groups is 1. The number of hydrogen-bond acceptors (Lipinski definition) is 3. The molecule has 3 heteroatoms. The Kier molecular flexibility index (Phi) is 5.02. The standard InChI is InChI=1S/C15H22O3/c1-17-9-10-18-15-8-3-2-7-14(15)12-5-4-6-13(16)11-12/h2-3,7-8,12-13,16H,4-6,9-11H2,1H3. The van der Waals surface area contributed by atoms with Crippen LogP contribution in [0.5, 0.6) is 5.75 Å². The zero-order valence-electron chi connectivity index (χ0n) is 11.0. The Morgan fingerprint density at radius 2 is 2.06 bits per heavy atom. The van der Waals surface area contributed by atoms with Crippen LogP contribution in [0.25, 0.3) is 0 Å². The van der Waals surface area contributed by atoms with Gasteiger partial charge in [-0.1, -0.05) is 24.6 Å². The van der Waals surface area contributed by atoms with E-state index in [0.717, 1.165) is 31.4 Å². The lowest BCUT2D eigenvalue weighted by Crippen LogP contribution is -2.19. The third-order valence-electron chi connectivity index (χ3n) is 3.55. The molecule has 2 rings (SSSR count). The van der Waals surface area contributed by atoms with Crippen LogP contribution in [0.15, 0.2) is 24.3 Å². The second-order valence-corrected chi connectivity index (χ2v) is 4.90. The van der Waals surface area contributed by atoms with Gasteiger partial charge in [0.15, 0.2) is 0 Å². The topological polar surface area (TPSA) is 38.7 Å². The fraction of sp³-hybridized carbons (Fsp3) is 0.600. The third kappa shape index (κ3) is 3.47. The molecule has 1 fully saturated rings. The van der Waals surface area contributed by atoms with Crippen molar-refractivity contribution >= 4 is 0 Å². The normalized spacial score (nSPS) is 23.9. The van der Waals surface area contributed by atoms with Crippen LogP contribution < -0.4 is 4.74 Å². The van der Waals surface area contributed by atoms with E-state index in [0.29, 0.717) is 19.1 Å². The van der Waals surface area contributed by atoms with Gasteiger partial charge in [0.25, 0.3) is 0 Å². The second-order valence-electron chi connectivity index (χ2n) is 4.90. The molecule has 2 atom stereocenters. The molecule has 1 saturated carbocycles. The van der Waals surface area contributed by atoms with Gasteiger partial charge in [0.2, 0.25) is 0 Å². The maximum absolute atomic E-state index is 9.79. The fourth-order valence-corrected chi connectivity index (χ4v) is 2.63. The predicted octanol–water partition coefficient (Wildman–Crippen LogP) is 2.73. The van der Waals surface area contributed by atoms with Crippen molar-refractivity contribution < 1.29 is 14.6 Å². The first-order valence-corrected chi connectivity index (χ1v) is 6.70. The first-order valence-electron chi connectivity index (χ1n) is 6.70. The molecule has 0 heterocycles. The van der Waals surface area contributed by atoms with Gasteiger partial charge < -0.3 is 14.6 Å². The van der Waals surface area contributed by atoms with Crippen molar-refractivity contribution in [2.75, 3.05) is 20.3 Å². The van der Waals surface area contributed by atoms with Crippen molar-refractivity contribution in [2.24, 2.45) is 0 Å². The highest BCUT2D eigenvalue weighted by atomic mass is 16.5. The summed E-state index contributed by atoms with van der Waals surface area (Å²) in [6.45, 7) is 1.17. The second kappa shape index (κ2) is 6.76. The van der Waals surface area contributed by atoms with E-state index in [1.807, 2.05) is 18.2 Å². The van der Waals surface area contributed by atoms with E-state index >= 15 is 0 Å². The van der Waals surface area contributed by atoms with Crippen molar-refractivity contribution in [3.05, 3.63) is 29.8 Å². The lowest BCUT2D eigenvalue weighted by molar-refractivity contribution is 0.117. The third-order valence-corrected chi connectivity index (χ3v) is 3.55. The number of hydrogen-bond donors (Lipinski definition) is 1. The summed E-state index contributed by atoms with van der Waals surface area (Å²) in [7, 11) is 1.67. The molecule has 1 aromatic carbocycles. The summed E-state index contributed by atoms with van der Waals surface area (Å²) in [4.78, 5) is 0. The van der Waals surface area contributed by atoms with E-state index in [-0.39, 0.29) is 6.10 Å². The van der Waals surface area contributed by atoms with Crippen molar-refractivity contribution in [1.29, 1.82) is 0 Å². The van der Waals surface area contributed by atoms with Gasteiger partial charge in [0, 0.05) is 7.11 Å². The molecule has 18 heavy (non-hydrogen) atoms. The Bertz CT molecular complexity index is 365. The lowest BCUT2D eigenvalue weighted by Gasteiger charge is -2.27. The average molecular weight is 250 g/mol. The number of benzene rings is 1. The zero-order chi connectivity index (χ0) is 12.8. The molecule has 0 saturated heterocycles. The van der Waals surface area contributed by atoms with Gasteiger partial charge in [-0.05, 0) is 36.8 Å². The van der Waals surface area contributed by atoms with Gasteiger partial charge >= 0.3 is 0 Å². The van der Waals surface area contributed by atoms with Crippen molar-refractivity contribution in [1.82, 2.24) is 0 Å². The molecule has 1 aromatic rings. The van der Waals surface area contributed by atoms with Gasteiger partial charge in [-0.15, -0.1) is 0 Å². The highest BCUT2D eigenvalue weighted by Gasteiger charge is 2.23. The van der Waals surface area contributed by atoms with Crippen molar-refractivity contribution in [3.8, 4) is 5.75 Å². The quantitative estimate of drug-likeness (QED) is 0.817. The molecular weight excluding hydrogens is 228 g/mol. The fourth-order valence-electron chi connectivity index (χ4n) is 2.63. The number of aliphatic hydroxyl groups excluding tert-OH is 1. The number of methoxy groups -OCH3 is 1. The molecule has 0 aliphatic heterocycles. The Morgan fingerprint density at radius 1 is 1.22 bits per heavy atom. The van der Waals surface area contributed by atoms with Crippen LogP contribution in [0.1, 0.15) is 37.2 Å². The van der Waals surface area contributed by atoms with E-state index in [1.54, 1.807) is 7.11 Å². The predicted molar refractivity (Wildman–Crippen MR) is 71.0 cm³/mol. The van der Waals surface area contributed by atoms with Gasteiger partial charge in [0.1, 0.15) is 12.4 Å². The Balaban J connectivity index is 2.06. The summed E-state index contributed by atoms with van der Waals surface area (Å²) < 4.78 is 10.8. The van der Waals surface area contributed by atoms with Gasteiger partial charge in [0.05, 0.1) is 12.7 Å². The summed E-state index contributed by atoms with van der Waals surface area (Å²) in [6.07, 6.45) is 3.86. The van der Waals surface area contributed by atoms with Crippen LogP contribution >= 0.6 is 0 Å². The van der Waals surface area contributed by atoms with E-state index in [1.165, 1.54) is 5.56 Å². The maximum atomic E-state index is 9.79. The molecule has 2 unspecified atom stereocenters. The Hall–Kier alpha value is -1.06. The monoisotopic (exact) mass is 250 g/mol. The molecule has 0 aromatic heterocycles. The Labute approximate surface area is 109 Å². The summed E-state index contributed by atoms with van der Waals surface area (Å²) in [5, 5.41) is 9.79. The molecule has 1 aliphatic rings. The van der Waals surface area contributed by atoms with Crippen LogP contribution in [0.3, 0.4) is 0 Å². The average Bonchev–Trinajstić information content (AvgIpc) is 2.40. The van der Waals surface area contributed by atoms with Gasteiger partial charge in [-0.2, -0.15) is 0 Å². The van der Waals surface area contributed by atoms with E-state index in [9.17, 15) is 5.11 Å². The van der Waals surface area contributed by atoms with Gasteiger partial charge in [-0.25, -0.2) is 0 Å². The largest absolute Gasteiger partial charge is 0.491 e. The molecule has 100 valence electrons. The highest BCUT2D eigenvalue weighted by Crippen LogP contribution is 2.37. The van der Waals surface area contributed by atoms with Crippen LogP contribution in [0.2, 0.25) is 0 Å². The van der Waals surface area contributed by atoms with E-state index in [4.69, 9.17) is 9.47 Å². The zero-order valence-corrected chi connectivity index (χ0v) is 11.0. The first kappa shape index (κ1) is 13.4. The molecule has 1 N–H and O–H groups in total. The molecule has 3 nitrogen and oxygen atoms in total. The molecular formula is C15H22O3. The lowest BCUT2D eigenvalue weighted by atomic mass is 9.82. The molecule has 0 amide bonds. The minimum absolute atomic E-state index is 0.157. The number of ether oxygens (including phenoxy) is 2. The smallest absolute Gasteiger partial charge is 0.122 e. The van der Waals surface area contributed by atoms with Crippen LogP contribution in [0.4, 0.5) is 0 Å². The molecule has 0 spiro atoms. The number of rotatable bonds is 5. The molecule has 0 radical (unpaired) electrons. The summed E-state index contributed by atoms with van der Waals surface area (Å²) in [6, 6.07) is 8.15. The summed E-state index contributed by atoms with van der Waals surface area (Å²) in [5.41, 5.74) is 1.23. The van der Waals surface area contributed by atoms with Crippen LogP contribution in [0, 0.1) is 0 Å². The SMILES string of the molecule is COCCOc1ccccc1C1CCCC(O)C1. The van der Waals surface area contributed by atoms with Crippen molar-refractivity contribution in [3.63, 3.8) is 0 Å². The molecule has 1 aliphatic carbocycles. The van der Waals surface area contributed by atoms with Crippen LogP contribution in [-0.4, -0.2) is 31.5 Å². The van der Waals surface area contributed by atoms with Crippen molar-refractivity contribution in [2.45, 2.75) is 37.7 Å². The maximum Gasteiger partial charge on any atom is 0.122 e. The number of para-hydroxylation sites is 1. The highest BCUT2D eigenvalue weighted by molar-refractivity contribution is 5.36. The summed E-state index contributed by atoms with van der Waals surface area (Å²) >= 11 is 0. The minimum atomic E-state index is -0.157. The summed E-state index contributed by atoms with van der Waals surface area (Å²) in [5.74, 6) is 1.36. The van der Waals surface area contributed by atoms with Gasteiger partial charge in [-0.3, -0.25) is 0 Å². The van der Waals surface area contributed by atoms with E-state index in [2.05, 4.69) is 6.07 Å². The molecule has 0 bridgehead atoms. The minimum Gasteiger partial charge on any atom is -0.491 e. The van der Waals surface area contributed by atoms with E-state index < -0.39 is 0 Å². The first-order chi connectivity index (χ1) is 8.81. The Morgan fingerprint density at radius 3 is 2.83 bits per heavy atom.